The maximum absolute atomic E-state index is 11.2. The number of nitrogens with zero attached hydrogens (tertiary/aromatic N) is 1. The first-order valence-electron chi connectivity index (χ1n) is 5.59. The first kappa shape index (κ1) is 11.4. The maximum Gasteiger partial charge on any atom is 0.341 e. The fourth-order valence-electron chi connectivity index (χ4n) is 1.71. The highest BCUT2D eigenvalue weighted by Gasteiger charge is 2.23. The minimum Gasteiger partial charge on any atom is -0.477 e. The van der Waals surface area contributed by atoms with E-state index in [1.54, 1.807) is 18.3 Å². The van der Waals surface area contributed by atoms with Crippen molar-refractivity contribution in [3.05, 3.63) is 29.7 Å². The topological polar surface area (TPSA) is 79.1 Å². The van der Waals surface area contributed by atoms with Crippen LogP contribution in [-0.2, 0) is 6.42 Å². The van der Waals surface area contributed by atoms with Gasteiger partial charge >= 0.3 is 5.97 Å². The van der Waals surface area contributed by atoms with Crippen LogP contribution in [0.2, 0.25) is 0 Å². The van der Waals surface area contributed by atoms with Gasteiger partial charge in [0, 0.05) is 12.6 Å². The predicted molar refractivity (Wildman–Crippen MR) is 61.9 cm³/mol. The summed E-state index contributed by atoms with van der Waals surface area (Å²) in [5.41, 5.74) is 1.20. The number of carbonyl (C=O) groups is 1. The Kier molecular flexibility index (Phi) is 3.27. The van der Waals surface area contributed by atoms with Crippen LogP contribution in [0.3, 0.4) is 0 Å². The molecule has 0 radical (unpaired) electrons. The minimum absolute atomic E-state index is 0.168. The molecule has 17 heavy (non-hydrogen) atoms. The minimum atomic E-state index is -0.998. The van der Waals surface area contributed by atoms with Crippen LogP contribution < -0.4 is 0 Å². The zero-order valence-corrected chi connectivity index (χ0v) is 9.56. The van der Waals surface area contributed by atoms with Crippen LogP contribution in [0.4, 0.5) is 0 Å². The van der Waals surface area contributed by atoms with E-state index >= 15 is 0 Å². The van der Waals surface area contributed by atoms with Gasteiger partial charge in [0.2, 0.25) is 0 Å². The Morgan fingerprint density at radius 3 is 3.00 bits per heavy atom. The summed E-state index contributed by atoms with van der Waals surface area (Å²) in [6.45, 7) is 2.04. The molecule has 5 heteroatoms. The van der Waals surface area contributed by atoms with Crippen LogP contribution in [0.1, 0.15) is 35.9 Å². The number of H-pyrrole nitrogens is 1. The van der Waals surface area contributed by atoms with E-state index in [2.05, 4.69) is 10.1 Å². The zero-order chi connectivity index (χ0) is 12.3. The molecule has 2 heterocycles. The van der Waals surface area contributed by atoms with Crippen LogP contribution in [0.15, 0.2) is 22.9 Å². The summed E-state index contributed by atoms with van der Waals surface area (Å²) < 4.78 is 5.13. The van der Waals surface area contributed by atoms with Crippen LogP contribution in [0, 0.1) is 0 Å². The van der Waals surface area contributed by atoms with E-state index in [1.807, 2.05) is 6.92 Å². The molecular formula is C12H14N2O3. The molecule has 0 bridgehead atoms. The van der Waals surface area contributed by atoms with Gasteiger partial charge in [-0.2, -0.15) is 0 Å². The number of aromatic carboxylic acids is 1. The van der Waals surface area contributed by atoms with E-state index in [1.165, 1.54) is 0 Å². The van der Waals surface area contributed by atoms with Crippen molar-refractivity contribution in [3.8, 4) is 11.4 Å². The van der Waals surface area contributed by atoms with Crippen LogP contribution in [-0.4, -0.2) is 21.2 Å². The summed E-state index contributed by atoms with van der Waals surface area (Å²) in [6.07, 6.45) is 4.20. The number of nitrogens with one attached hydrogen (secondary N) is 1. The molecule has 2 aromatic heterocycles. The lowest BCUT2D eigenvalue weighted by Crippen LogP contribution is -2.01. The molecule has 2 N–H and O–H groups in total. The SMILES string of the molecule is CCCCc1onc(-c2ccc[nH]2)c1C(=O)O. The number of hydrogen-bond donors (Lipinski definition) is 2. The third-order valence-electron chi connectivity index (χ3n) is 2.59. The number of aromatic nitrogens is 2. The molecule has 0 atom stereocenters. The molecule has 0 saturated carbocycles. The van der Waals surface area contributed by atoms with Crippen molar-refractivity contribution < 1.29 is 14.4 Å². The Morgan fingerprint density at radius 2 is 2.41 bits per heavy atom. The summed E-state index contributed by atoms with van der Waals surface area (Å²) in [6, 6.07) is 3.56. The molecule has 5 nitrogen and oxygen atoms in total. The molecule has 0 fully saturated rings. The third-order valence-corrected chi connectivity index (χ3v) is 2.59. The second-order valence-corrected chi connectivity index (χ2v) is 3.82. The Balaban J connectivity index is 2.40. The molecular weight excluding hydrogens is 220 g/mol. The predicted octanol–water partition coefficient (Wildman–Crippen LogP) is 2.71. The molecule has 0 amide bonds. The smallest absolute Gasteiger partial charge is 0.341 e. The van der Waals surface area contributed by atoms with Gasteiger partial charge in [-0.3, -0.25) is 0 Å². The molecule has 2 rings (SSSR count). The Hall–Kier alpha value is -2.04. The van der Waals surface area contributed by atoms with Crippen LogP contribution >= 0.6 is 0 Å². The monoisotopic (exact) mass is 234 g/mol. The molecule has 0 aliphatic heterocycles. The Morgan fingerprint density at radius 1 is 1.59 bits per heavy atom. The fraction of sp³-hybridized carbons (Fsp3) is 0.333. The standard InChI is InChI=1S/C12H14N2O3/c1-2-3-6-9-10(12(15)16)11(14-17-9)8-5-4-7-13-8/h4-5,7,13H,2-3,6H2,1H3,(H,15,16). The molecule has 90 valence electrons. The largest absolute Gasteiger partial charge is 0.477 e. The van der Waals surface area contributed by atoms with Gasteiger partial charge in [-0.1, -0.05) is 18.5 Å². The second kappa shape index (κ2) is 4.86. The number of rotatable bonds is 5. The Labute approximate surface area is 98.4 Å². The summed E-state index contributed by atoms with van der Waals surface area (Å²) >= 11 is 0. The van der Waals surface area contributed by atoms with Gasteiger partial charge in [-0.15, -0.1) is 0 Å². The number of aryl methyl sites for hydroxylation is 1. The first-order chi connectivity index (χ1) is 8.24. The number of carboxylic acid groups (broad SMARTS) is 1. The molecule has 2 aromatic rings. The fourth-order valence-corrected chi connectivity index (χ4v) is 1.71. The summed E-state index contributed by atoms with van der Waals surface area (Å²) in [5, 5.41) is 13.1. The lowest BCUT2D eigenvalue weighted by atomic mass is 10.1. The van der Waals surface area contributed by atoms with Crippen molar-refractivity contribution in [2.75, 3.05) is 0 Å². The van der Waals surface area contributed by atoms with Crippen molar-refractivity contribution in [2.24, 2.45) is 0 Å². The Bertz CT molecular complexity index is 500. The summed E-state index contributed by atoms with van der Waals surface area (Å²) in [7, 11) is 0. The van der Waals surface area contributed by atoms with Gasteiger partial charge in [0.25, 0.3) is 0 Å². The number of unbranched alkanes of at least 4 members (excludes halogenated alkanes) is 1. The number of aromatic amines is 1. The van der Waals surface area contributed by atoms with E-state index in [9.17, 15) is 9.90 Å². The molecule has 0 saturated heterocycles. The molecule has 0 aliphatic carbocycles. The molecule has 0 unspecified atom stereocenters. The molecule has 0 aliphatic rings. The normalized spacial score (nSPS) is 10.6. The van der Waals surface area contributed by atoms with E-state index < -0.39 is 5.97 Å². The van der Waals surface area contributed by atoms with Crippen molar-refractivity contribution in [1.29, 1.82) is 0 Å². The highest BCUT2D eigenvalue weighted by molar-refractivity contribution is 5.95. The van der Waals surface area contributed by atoms with Crippen LogP contribution in [0.5, 0.6) is 0 Å². The van der Waals surface area contributed by atoms with E-state index in [4.69, 9.17) is 4.52 Å². The molecule has 0 aromatic carbocycles. The lowest BCUT2D eigenvalue weighted by molar-refractivity contribution is 0.0695. The lowest BCUT2D eigenvalue weighted by Gasteiger charge is -1.97. The number of hydrogen-bond acceptors (Lipinski definition) is 3. The van der Waals surface area contributed by atoms with E-state index in [0.29, 0.717) is 23.6 Å². The van der Waals surface area contributed by atoms with Crippen LogP contribution in [0.25, 0.3) is 11.4 Å². The average Bonchev–Trinajstić information content (AvgIpc) is 2.94. The van der Waals surface area contributed by atoms with E-state index in [0.717, 1.165) is 12.8 Å². The van der Waals surface area contributed by atoms with Gasteiger partial charge in [0.15, 0.2) is 5.76 Å². The quantitative estimate of drug-likeness (QED) is 0.833. The number of carboxylic acids is 1. The van der Waals surface area contributed by atoms with Gasteiger partial charge in [-0.05, 0) is 18.6 Å². The summed E-state index contributed by atoms with van der Waals surface area (Å²) in [4.78, 5) is 14.2. The van der Waals surface area contributed by atoms with Crippen molar-refractivity contribution in [2.45, 2.75) is 26.2 Å². The summed E-state index contributed by atoms with van der Waals surface area (Å²) in [5.74, 6) is -0.550. The van der Waals surface area contributed by atoms with Crippen molar-refractivity contribution >= 4 is 5.97 Å². The highest BCUT2D eigenvalue weighted by atomic mass is 16.5. The second-order valence-electron chi connectivity index (χ2n) is 3.82. The van der Waals surface area contributed by atoms with Crippen molar-refractivity contribution in [1.82, 2.24) is 10.1 Å². The van der Waals surface area contributed by atoms with Gasteiger partial charge in [0.05, 0.1) is 5.69 Å². The van der Waals surface area contributed by atoms with E-state index in [-0.39, 0.29) is 5.56 Å². The molecule has 0 spiro atoms. The van der Waals surface area contributed by atoms with Gasteiger partial charge in [0.1, 0.15) is 11.3 Å². The third kappa shape index (κ3) is 2.22. The maximum atomic E-state index is 11.2. The first-order valence-corrected chi connectivity index (χ1v) is 5.59. The van der Waals surface area contributed by atoms with Crippen molar-refractivity contribution in [3.63, 3.8) is 0 Å². The average molecular weight is 234 g/mol. The van der Waals surface area contributed by atoms with Gasteiger partial charge < -0.3 is 14.6 Å². The highest BCUT2D eigenvalue weighted by Crippen LogP contribution is 2.25. The van der Waals surface area contributed by atoms with Gasteiger partial charge in [-0.25, -0.2) is 4.79 Å². The zero-order valence-electron chi connectivity index (χ0n) is 9.56.